The van der Waals surface area contributed by atoms with E-state index in [9.17, 15) is 16.8 Å². The summed E-state index contributed by atoms with van der Waals surface area (Å²) in [4.78, 5) is 0.0104. The first-order chi connectivity index (χ1) is 10.1. The van der Waals surface area contributed by atoms with Gasteiger partial charge in [0.15, 0.2) is 0 Å². The number of nitrogens with one attached hydrogen (secondary N) is 1. The van der Waals surface area contributed by atoms with E-state index < -0.39 is 26.1 Å². The molecule has 1 heterocycles. The molecule has 1 saturated heterocycles. The molecule has 1 aromatic rings. The Morgan fingerprint density at radius 3 is 2.55 bits per heavy atom. The van der Waals surface area contributed by atoms with Crippen molar-refractivity contribution >= 4 is 31.6 Å². The summed E-state index contributed by atoms with van der Waals surface area (Å²) in [6.07, 6.45) is 2.33. The van der Waals surface area contributed by atoms with Crippen LogP contribution in [0, 0.1) is 6.92 Å². The summed E-state index contributed by atoms with van der Waals surface area (Å²) in [5, 5.41) is 0.156. The fraction of sp³-hybridized carbons (Fsp3) is 0.538. The minimum absolute atomic E-state index is 0.0104. The highest BCUT2D eigenvalue weighted by Crippen LogP contribution is 2.23. The zero-order valence-electron chi connectivity index (χ0n) is 12.4. The highest BCUT2D eigenvalue weighted by atomic mass is 35.5. The average molecular weight is 367 g/mol. The van der Waals surface area contributed by atoms with E-state index in [0.29, 0.717) is 19.4 Å². The monoisotopic (exact) mass is 366 g/mol. The number of hydrogen-bond donors (Lipinski definition) is 1. The van der Waals surface area contributed by atoms with Crippen LogP contribution in [-0.4, -0.2) is 46.5 Å². The number of aryl methyl sites for hydroxylation is 1. The molecule has 0 amide bonds. The Labute approximate surface area is 136 Å². The maximum absolute atomic E-state index is 12.4. The number of sulfonamides is 2. The van der Waals surface area contributed by atoms with Crippen LogP contribution in [0.4, 0.5) is 0 Å². The van der Waals surface area contributed by atoms with E-state index in [4.69, 9.17) is 11.6 Å². The summed E-state index contributed by atoms with van der Waals surface area (Å²) in [6, 6.07) is 4.26. The molecule has 1 fully saturated rings. The van der Waals surface area contributed by atoms with Crippen LogP contribution in [0.25, 0.3) is 0 Å². The second-order valence-corrected chi connectivity index (χ2v) is 9.59. The molecule has 1 unspecified atom stereocenters. The van der Waals surface area contributed by atoms with Crippen LogP contribution in [0.2, 0.25) is 5.02 Å². The normalized spacial score (nSPS) is 21.0. The van der Waals surface area contributed by atoms with Gasteiger partial charge < -0.3 is 0 Å². The van der Waals surface area contributed by atoms with Crippen molar-refractivity contribution < 1.29 is 16.8 Å². The van der Waals surface area contributed by atoms with Gasteiger partial charge >= 0.3 is 0 Å². The number of nitrogens with zero attached hydrogens (tertiary/aromatic N) is 1. The van der Waals surface area contributed by atoms with Gasteiger partial charge in [-0.2, -0.15) is 0 Å². The Bertz CT molecular complexity index is 762. The minimum Gasteiger partial charge on any atom is -0.213 e. The molecule has 1 N–H and O–H groups in total. The summed E-state index contributed by atoms with van der Waals surface area (Å²) in [5.74, 6) is 0. The summed E-state index contributed by atoms with van der Waals surface area (Å²) >= 11 is 6.01. The summed E-state index contributed by atoms with van der Waals surface area (Å²) < 4.78 is 51.9. The van der Waals surface area contributed by atoms with Gasteiger partial charge in [0.05, 0.1) is 11.3 Å². The Morgan fingerprint density at radius 1 is 1.27 bits per heavy atom. The lowest BCUT2D eigenvalue weighted by Gasteiger charge is -2.31. The molecule has 1 aliphatic rings. The van der Waals surface area contributed by atoms with Crippen LogP contribution in [0.5, 0.6) is 0 Å². The van der Waals surface area contributed by atoms with E-state index in [1.165, 1.54) is 10.4 Å². The molecule has 0 radical (unpaired) electrons. The zero-order chi connectivity index (χ0) is 16.5. The number of benzene rings is 1. The van der Waals surface area contributed by atoms with Crippen molar-refractivity contribution in [1.29, 1.82) is 0 Å². The summed E-state index contributed by atoms with van der Waals surface area (Å²) in [7, 11) is -7.10. The summed E-state index contributed by atoms with van der Waals surface area (Å²) in [6.45, 7) is 2.38. The second-order valence-electron chi connectivity index (χ2n) is 5.52. The molecular formula is C13H19ClN2O4S2. The van der Waals surface area contributed by atoms with Gasteiger partial charge in [-0.3, -0.25) is 0 Å². The van der Waals surface area contributed by atoms with Crippen LogP contribution in [0.15, 0.2) is 23.1 Å². The van der Waals surface area contributed by atoms with Gasteiger partial charge in [-0.25, -0.2) is 25.9 Å². The van der Waals surface area contributed by atoms with Crippen LogP contribution < -0.4 is 4.72 Å². The van der Waals surface area contributed by atoms with Gasteiger partial charge in [-0.1, -0.05) is 17.7 Å². The predicted molar refractivity (Wildman–Crippen MR) is 85.9 cm³/mol. The zero-order valence-corrected chi connectivity index (χ0v) is 14.8. The highest BCUT2D eigenvalue weighted by Gasteiger charge is 2.29. The van der Waals surface area contributed by atoms with Crippen LogP contribution in [0.3, 0.4) is 0 Å². The first-order valence-corrected chi connectivity index (χ1v) is 10.5. The molecule has 0 bridgehead atoms. The largest absolute Gasteiger partial charge is 0.242 e. The van der Waals surface area contributed by atoms with Crippen molar-refractivity contribution in [2.75, 3.05) is 19.3 Å². The van der Waals surface area contributed by atoms with Gasteiger partial charge in [-0.05, 0) is 37.5 Å². The SMILES string of the molecule is Cc1ccc(S(=O)(=O)NC2CCCN(S(C)(=O)=O)C2)c(Cl)c1. The Kier molecular flexibility index (Phi) is 5.18. The lowest BCUT2D eigenvalue weighted by molar-refractivity contribution is 0.305. The topological polar surface area (TPSA) is 83.6 Å². The van der Waals surface area contributed by atoms with Crippen molar-refractivity contribution in [3.05, 3.63) is 28.8 Å². The molecule has 6 nitrogen and oxygen atoms in total. The summed E-state index contributed by atoms with van der Waals surface area (Å²) in [5.41, 5.74) is 0.866. The molecule has 1 aliphatic heterocycles. The first kappa shape index (κ1) is 17.7. The van der Waals surface area contributed by atoms with Crippen molar-refractivity contribution in [1.82, 2.24) is 9.03 Å². The molecule has 2 rings (SSSR count). The van der Waals surface area contributed by atoms with Crippen molar-refractivity contribution in [2.24, 2.45) is 0 Å². The number of piperidine rings is 1. The molecule has 1 aromatic carbocycles. The minimum atomic E-state index is -3.78. The Hall–Kier alpha value is -0.670. The third-order valence-corrected chi connectivity index (χ3v) is 6.82. The highest BCUT2D eigenvalue weighted by molar-refractivity contribution is 7.89. The van der Waals surface area contributed by atoms with E-state index in [-0.39, 0.29) is 16.5 Å². The van der Waals surface area contributed by atoms with Gasteiger partial charge in [-0.15, -0.1) is 0 Å². The van der Waals surface area contributed by atoms with Crippen molar-refractivity contribution in [3.8, 4) is 0 Å². The van der Waals surface area contributed by atoms with Gasteiger partial charge in [0.2, 0.25) is 20.0 Å². The van der Waals surface area contributed by atoms with Crippen LogP contribution in [0.1, 0.15) is 18.4 Å². The third-order valence-electron chi connectivity index (χ3n) is 3.55. The van der Waals surface area contributed by atoms with E-state index in [0.717, 1.165) is 11.8 Å². The molecule has 9 heteroatoms. The molecule has 124 valence electrons. The van der Waals surface area contributed by atoms with E-state index in [1.807, 2.05) is 6.92 Å². The maximum atomic E-state index is 12.4. The number of rotatable bonds is 4. The third kappa shape index (κ3) is 4.20. The average Bonchev–Trinajstić information content (AvgIpc) is 2.36. The molecular weight excluding hydrogens is 348 g/mol. The number of halogens is 1. The van der Waals surface area contributed by atoms with Gasteiger partial charge in [0, 0.05) is 19.1 Å². The van der Waals surface area contributed by atoms with E-state index in [2.05, 4.69) is 4.72 Å². The first-order valence-electron chi connectivity index (χ1n) is 6.83. The number of hydrogen-bond acceptors (Lipinski definition) is 4. The van der Waals surface area contributed by atoms with E-state index in [1.54, 1.807) is 12.1 Å². The molecule has 0 aliphatic carbocycles. The maximum Gasteiger partial charge on any atom is 0.242 e. The quantitative estimate of drug-likeness (QED) is 0.871. The molecule has 0 spiro atoms. The Morgan fingerprint density at radius 2 is 1.95 bits per heavy atom. The van der Waals surface area contributed by atoms with Gasteiger partial charge in [0.25, 0.3) is 0 Å². The lowest BCUT2D eigenvalue weighted by Crippen LogP contribution is -2.49. The standard InChI is InChI=1S/C13H19ClN2O4S2/c1-10-5-6-13(12(14)8-10)22(19,20)15-11-4-3-7-16(9-11)21(2,17)18/h5-6,8,11,15H,3-4,7,9H2,1-2H3. The van der Waals surface area contributed by atoms with Gasteiger partial charge in [0.1, 0.15) is 4.90 Å². The molecule has 22 heavy (non-hydrogen) atoms. The van der Waals surface area contributed by atoms with Crippen molar-refractivity contribution in [3.63, 3.8) is 0 Å². The fourth-order valence-electron chi connectivity index (χ4n) is 2.45. The Balaban J connectivity index is 2.18. The lowest BCUT2D eigenvalue weighted by atomic mass is 10.1. The van der Waals surface area contributed by atoms with E-state index >= 15 is 0 Å². The second kappa shape index (κ2) is 6.45. The fourth-order valence-corrected chi connectivity index (χ4v) is 5.22. The smallest absolute Gasteiger partial charge is 0.213 e. The molecule has 1 atom stereocenters. The predicted octanol–water partition coefficient (Wildman–Crippen LogP) is 1.35. The van der Waals surface area contributed by atoms with Crippen molar-refractivity contribution in [2.45, 2.75) is 30.7 Å². The molecule has 0 saturated carbocycles. The van der Waals surface area contributed by atoms with Crippen LogP contribution >= 0.6 is 11.6 Å². The van der Waals surface area contributed by atoms with Crippen LogP contribution in [-0.2, 0) is 20.0 Å². The molecule has 0 aromatic heterocycles.